The Balaban J connectivity index is 1.79. The van der Waals surface area contributed by atoms with Crippen LogP contribution in [0.5, 0.6) is 0 Å². The van der Waals surface area contributed by atoms with Gasteiger partial charge in [-0.1, -0.05) is 29.5 Å². The van der Waals surface area contributed by atoms with Crippen LogP contribution in [-0.2, 0) is 4.74 Å². The van der Waals surface area contributed by atoms with Crippen LogP contribution in [-0.4, -0.2) is 44.6 Å². The van der Waals surface area contributed by atoms with Crippen LogP contribution in [0.1, 0.15) is 46.1 Å². The van der Waals surface area contributed by atoms with E-state index in [4.69, 9.17) is 4.74 Å². The molecule has 0 radical (unpaired) electrons. The number of hydrogen-bond donors (Lipinski definition) is 0. The summed E-state index contributed by atoms with van der Waals surface area (Å²) in [5.74, 6) is 1.21. The lowest BCUT2D eigenvalue weighted by Crippen LogP contribution is -2.14. The molecule has 6 nitrogen and oxygen atoms in total. The molecule has 0 aliphatic carbocycles. The van der Waals surface area contributed by atoms with Gasteiger partial charge in [0.2, 0.25) is 0 Å². The van der Waals surface area contributed by atoms with Crippen LogP contribution >= 0.6 is 11.8 Å². The third-order valence-corrected chi connectivity index (χ3v) is 5.98. The first-order valence-electron chi connectivity index (χ1n) is 9.66. The van der Waals surface area contributed by atoms with Crippen LogP contribution in [0.25, 0.3) is 5.69 Å². The number of ketones is 1. The third kappa shape index (κ3) is 4.46. The monoisotopic (exact) mass is 412 g/mol. The first kappa shape index (κ1) is 21.3. The molecule has 0 saturated heterocycles. The largest absolute Gasteiger partial charge is 0.383 e. The Hall–Kier alpha value is -2.38. The predicted octanol–water partition coefficient (Wildman–Crippen LogP) is 4.48. The van der Waals surface area contributed by atoms with Crippen LogP contribution in [0.2, 0.25) is 0 Å². The lowest BCUT2D eigenvalue weighted by atomic mass is 10.2. The quantitative estimate of drug-likeness (QED) is 0.403. The smallest absolute Gasteiger partial charge is 0.196 e. The summed E-state index contributed by atoms with van der Waals surface area (Å²) < 4.78 is 9.43. The minimum atomic E-state index is 0.0927. The zero-order chi connectivity index (χ0) is 21.1. The lowest BCUT2D eigenvalue weighted by Gasteiger charge is -2.17. The lowest BCUT2D eigenvalue weighted by molar-refractivity contribution is 0.102. The van der Waals surface area contributed by atoms with Crippen LogP contribution in [0.4, 0.5) is 0 Å². The highest BCUT2D eigenvalue weighted by molar-refractivity contribution is 7.99. The van der Waals surface area contributed by atoms with Crippen molar-refractivity contribution in [2.75, 3.05) is 19.5 Å². The van der Waals surface area contributed by atoms with Crippen molar-refractivity contribution in [3.63, 3.8) is 0 Å². The fourth-order valence-corrected chi connectivity index (χ4v) is 4.57. The SMILES string of the molecule is COCC(C)n1c(C)cc(C(=O)CSc2nnc(C)n2-c2ccc(C)cc2)c1C. The molecule has 0 bridgehead atoms. The number of hydrogen-bond acceptors (Lipinski definition) is 5. The van der Waals surface area contributed by atoms with E-state index in [1.165, 1.54) is 17.3 Å². The van der Waals surface area contributed by atoms with Crippen molar-refractivity contribution in [2.45, 2.75) is 45.8 Å². The van der Waals surface area contributed by atoms with Gasteiger partial charge >= 0.3 is 0 Å². The van der Waals surface area contributed by atoms with Crippen LogP contribution in [0.15, 0.2) is 35.5 Å². The van der Waals surface area contributed by atoms with Crippen molar-refractivity contribution < 1.29 is 9.53 Å². The molecule has 3 rings (SSSR count). The fourth-order valence-electron chi connectivity index (χ4n) is 3.69. The van der Waals surface area contributed by atoms with Gasteiger partial charge in [0.1, 0.15) is 5.82 Å². The molecule has 154 valence electrons. The molecule has 1 unspecified atom stereocenters. The molecule has 0 aliphatic heterocycles. The van der Waals surface area contributed by atoms with Gasteiger partial charge in [-0.05, 0) is 52.8 Å². The topological polar surface area (TPSA) is 61.9 Å². The Labute approximate surface area is 176 Å². The van der Waals surface area contributed by atoms with Gasteiger partial charge in [0, 0.05) is 29.7 Å². The predicted molar refractivity (Wildman–Crippen MR) is 116 cm³/mol. The summed E-state index contributed by atoms with van der Waals surface area (Å²) in [5, 5.41) is 9.21. The maximum atomic E-state index is 13.0. The van der Waals surface area contributed by atoms with E-state index >= 15 is 0 Å². The zero-order valence-electron chi connectivity index (χ0n) is 17.9. The molecule has 1 atom stereocenters. The highest BCUT2D eigenvalue weighted by Crippen LogP contribution is 2.26. The van der Waals surface area contributed by atoms with Crippen molar-refractivity contribution >= 4 is 17.5 Å². The van der Waals surface area contributed by atoms with E-state index in [2.05, 4.69) is 40.7 Å². The van der Waals surface area contributed by atoms with Gasteiger partial charge in [0.25, 0.3) is 0 Å². The van der Waals surface area contributed by atoms with Gasteiger partial charge in [0.05, 0.1) is 18.4 Å². The van der Waals surface area contributed by atoms with Crippen LogP contribution in [0.3, 0.4) is 0 Å². The number of nitrogens with zero attached hydrogens (tertiary/aromatic N) is 4. The van der Waals surface area contributed by atoms with Gasteiger partial charge in [-0.15, -0.1) is 10.2 Å². The fraction of sp³-hybridized carbons (Fsp3) is 0.409. The number of ether oxygens (including phenoxy) is 1. The number of Topliss-reactive ketones (excluding diaryl/α,β-unsaturated/α-hetero) is 1. The van der Waals surface area contributed by atoms with E-state index < -0.39 is 0 Å². The molecule has 0 saturated carbocycles. The summed E-state index contributed by atoms with van der Waals surface area (Å²) in [6.45, 7) is 10.7. The molecule has 2 aromatic heterocycles. The highest BCUT2D eigenvalue weighted by atomic mass is 32.2. The first-order chi connectivity index (χ1) is 13.8. The number of aryl methyl sites for hydroxylation is 3. The van der Waals surface area contributed by atoms with Gasteiger partial charge in [-0.2, -0.15) is 0 Å². The second-order valence-corrected chi connectivity index (χ2v) is 8.31. The molecule has 2 heterocycles. The van der Waals surface area contributed by atoms with Crippen LogP contribution < -0.4 is 0 Å². The summed E-state index contributed by atoms with van der Waals surface area (Å²) in [7, 11) is 1.69. The van der Waals surface area contributed by atoms with E-state index in [-0.39, 0.29) is 11.8 Å². The zero-order valence-corrected chi connectivity index (χ0v) is 18.7. The number of carbonyl (C=O) groups excluding carboxylic acids is 1. The Morgan fingerprint density at radius 3 is 2.48 bits per heavy atom. The molecule has 0 spiro atoms. The minimum absolute atomic E-state index is 0.0927. The standard InChI is InChI=1S/C22H28N4O2S/c1-14-7-9-19(10-8-14)26-18(5)23-24-22(26)29-13-21(27)20-11-15(2)25(17(20)4)16(3)12-28-6/h7-11,16H,12-13H2,1-6H3. The number of aromatic nitrogens is 4. The summed E-state index contributed by atoms with van der Waals surface area (Å²) in [5.41, 5.74) is 5.01. The maximum absolute atomic E-state index is 13.0. The molecule has 0 aliphatic rings. The van der Waals surface area contributed by atoms with Crippen molar-refractivity contribution in [1.82, 2.24) is 19.3 Å². The molecule has 1 aromatic carbocycles. The van der Waals surface area contributed by atoms with E-state index in [1.807, 2.05) is 43.5 Å². The molecule has 0 N–H and O–H groups in total. The van der Waals surface area contributed by atoms with E-state index in [0.717, 1.165) is 33.6 Å². The Morgan fingerprint density at radius 2 is 1.83 bits per heavy atom. The number of benzene rings is 1. The maximum Gasteiger partial charge on any atom is 0.196 e. The molecule has 3 aromatic rings. The molecular weight excluding hydrogens is 384 g/mol. The van der Waals surface area contributed by atoms with E-state index in [9.17, 15) is 4.79 Å². The van der Waals surface area contributed by atoms with E-state index in [0.29, 0.717) is 12.4 Å². The number of rotatable bonds is 8. The van der Waals surface area contributed by atoms with Gasteiger partial charge in [-0.3, -0.25) is 9.36 Å². The van der Waals surface area contributed by atoms with Crippen molar-refractivity contribution in [1.29, 1.82) is 0 Å². The van der Waals surface area contributed by atoms with Crippen molar-refractivity contribution in [2.24, 2.45) is 0 Å². The molecule has 7 heteroatoms. The van der Waals surface area contributed by atoms with Crippen molar-refractivity contribution in [3.8, 4) is 5.69 Å². The third-order valence-electron chi connectivity index (χ3n) is 5.05. The first-order valence-corrected chi connectivity index (χ1v) is 10.6. The summed E-state index contributed by atoms with van der Waals surface area (Å²) in [4.78, 5) is 13.0. The number of carbonyl (C=O) groups is 1. The average molecular weight is 413 g/mol. The molecular formula is C22H28N4O2S. The van der Waals surface area contributed by atoms with Gasteiger partial charge in [0.15, 0.2) is 10.9 Å². The second kappa shape index (κ2) is 8.97. The Morgan fingerprint density at radius 1 is 1.14 bits per heavy atom. The Kier molecular flexibility index (Phi) is 6.59. The van der Waals surface area contributed by atoms with E-state index in [1.54, 1.807) is 7.11 Å². The number of methoxy groups -OCH3 is 1. The summed E-state index contributed by atoms with van der Waals surface area (Å²) >= 11 is 1.42. The van der Waals surface area contributed by atoms with Crippen LogP contribution in [0, 0.1) is 27.7 Å². The summed E-state index contributed by atoms with van der Waals surface area (Å²) in [6.07, 6.45) is 0. The normalized spacial score (nSPS) is 12.3. The molecule has 0 fully saturated rings. The average Bonchev–Trinajstić information content (AvgIpc) is 3.20. The molecule has 0 amide bonds. The minimum Gasteiger partial charge on any atom is -0.383 e. The van der Waals surface area contributed by atoms with Crippen molar-refractivity contribution in [3.05, 3.63) is 58.7 Å². The van der Waals surface area contributed by atoms with Gasteiger partial charge < -0.3 is 9.30 Å². The number of thioether (sulfide) groups is 1. The summed E-state index contributed by atoms with van der Waals surface area (Å²) in [6, 6.07) is 10.4. The Bertz CT molecular complexity index is 1000. The highest BCUT2D eigenvalue weighted by Gasteiger charge is 2.20. The molecule has 29 heavy (non-hydrogen) atoms. The second-order valence-electron chi connectivity index (χ2n) is 7.37. The van der Waals surface area contributed by atoms with Gasteiger partial charge in [-0.25, -0.2) is 0 Å².